The normalized spacial score (nSPS) is 18.2. The van der Waals surface area contributed by atoms with E-state index in [1.165, 1.54) is 12.1 Å². The summed E-state index contributed by atoms with van der Waals surface area (Å²) in [5, 5.41) is 3.05. The van der Waals surface area contributed by atoms with Crippen LogP contribution in [0.1, 0.15) is 30.9 Å². The van der Waals surface area contributed by atoms with Crippen LogP contribution in [0.25, 0.3) is 0 Å². The van der Waals surface area contributed by atoms with Crippen molar-refractivity contribution in [3.05, 3.63) is 48.0 Å². The van der Waals surface area contributed by atoms with Crippen LogP contribution in [-0.2, 0) is 4.79 Å². The summed E-state index contributed by atoms with van der Waals surface area (Å²) in [4.78, 5) is 14.7. The second-order valence-corrected chi connectivity index (χ2v) is 7.26. The van der Waals surface area contributed by atoms with Gasteiger partial charge in [0.05, 0.1) is 25.8 Å². The van der Waals surface area contributed by atoms with E-state index in [2.05, 4.69) is 10.1 Å². The molecule has 4 rings (SSSR count). The van der Waals surface area contributed by atoms with E-state index in [0.717, 1.165) is 36.3 Å². The number of hydrogen-bond donors (Lipinski definition) is 1. The minimum absolute atomic E-state index is 0.00160. The van der Waals surface area contributed by atoms with E-state index in [9.17, 15) is 13.6 Å². The van der Waals surface area contributed by atoms with Crippen LogP contribution < -0.4 is 19.5 Å². The molecule has 1 fully saturated rings. The lowest BCUT2D eigenvalue weighted by atomic mass is 10.0. The van der Waals surface area contributed by atoms with Crippen LogP contribution in [0.4, 0.5) is 14.5 Å². The first-order valence-electron chi connectivity index (χ1n) is 10.1. The molecule has 0 spiro atoms. The van der Waals surface area contributed by atoms with Gasteiger partial charge < -0.3 is 24.4 Å². The van der Waals surface area contributed by atoms with Crippen molar-refractivity contribution in [3.8, 4) is 17.2 Å². The van der Waals surface area contributed by atoms with Crippen molar-refractivity contribution in [1.82, 2.24) is 4.90 Å². The zero-order chi connectivity index (χ0) is 20.9. The van der Waals surface area contributed by atoms with Gasteiger partial charge in [0, 0.05) is 18.7 Å². The number of benzene rings is 2. The third-order valence-corrected chi connectivity index (χ3v) is 5.25. The Morgan fingerprint density at radius 2 is 1.87 bits per heavy atom. The Kier molecular flexibility index (Phi) is 6.21. The van der Waals surface area contributed by atoms with Crippen molar-refractivity contribution in [1.29, 1.82) is 0 Å². The minimum Gasteiger partial charge on any atom is -0.490 e. The van der Waals surface area contributed by atoms with E-state index in [-0.39, 0.29) is 24.2 Å². The second-order valence-electron chi connectivity index (χ2n) is 7.26. The largest absolute Gasteiger partial charge is 0.490 e. The van der Waals surface area contributed by atoms with Crippen LogP contribution in [0.3, 0.4) is 0 Å². The number of likely N-dealkylation sites (tertiary alicyclic amines) is 1. The molecule has 30 heavy (non-hydrogen) atoms. The molecular formula is C22H24F2N2O4. The summed E-state index contributed by atoms with van der Waals surface area (Å²) in [7, 11) is 0. The molecule has 1 amide bonds. The Balaban J connectivity index is 1.38. The molecule has 2 aromatic rings. The van der Waals surface area contributed by atoms with E-state index in [1.807, 2.05) is 23.1 Å². The highest BCUT2D eigenvalue weighted by Gasteiger charge is 2.30. The van der Waals surface area contributed by atoms with Gasteiger partial charge in [0.1, 0.15) is 5.75 Å². The quantitative estimate of drug-likeness (QED) is 0.761. The number of carbonyl (C=O) groups is 1. The number of alkyl halides is 2. The molecule has 160 valence electrons. The number of nitrogens with one attached hydrogen (secondary N) is 1. The van der Waals surface area contributed by atoms with Crippen molar-refractivity contribution in [2.24, 2.45) is 0 Å². The maximum Gasteiger partial charge on any atom is 0.387 e. The molecule has 2 heterocycles. The molecule has 0 aromatic heterocycles. The van der Waals surface area contributed by atoms with Gasteiger partial charge in [-0.15, -0.1) is 0 Å². The average molecular weight is 418 g/mol. The SMILES string of the molecule is O=C(CNc1ccc(OC(F)F)cc1)N1CCCC1c1ccc2c(c1)OCCCO2. The fourth-order valence-corrected chi connectivity index (χ4v) is 3.83. The van der Waals surface area contributed by atoms with Crippen LogP contribution in [0.5, 0.6) is 17.2 Å². The summed E-state index contributed by atoms with van der Waals surface area (Å²) in [6.45, 7) is -0.782. The predicted octanol–water partition coefficient (Wildman–Crippen LogP) is 4.22. The topological polar surface area (TPSA) is 60.0 Å². The third-order valence-electron chi connectivity index (χ3n) is 5.25. The van der Waals surface area contributed by atoms with Crippen molar-refractivity contribution >= 4 is 11.6 Å². The summed E-state index contributed by atoms with van der Waals surface area (Å²) < 4.78 is 40.3. The second kappa shape index (κ2) is 9.19. The molecule has 0 saturated carbocycles. The lowest BCUT2D eigenvalue weighted by Gasteiger charge is -2.26. The number of carbonyl (C=O) groups excluding carboxylic acids is 1. The predicted molar refractivity (Wildman–Crippen MR) is 107 cm³/mol. The first-order chi connectivity index (χ1) is 14.6. The van der Waals surface area contributed by atoms with Gasteiger partial charge in [-0.05, 0) is 54.8 Å². The molecule has 0 radical (unpaired) electrons. The Hall–Kier alpha value is -3.03. The van der Waals surface area contributed by atoms with E-state index in [0.29, 0.717) is 25.4 Å². The highest BCUT2D eigenvalue weighted by atomic mass is 19.3. The molecule has 1 saturated heterocycles. The zero-order valence-electron chi connectivity index (χ0n) is 16.5. The lowest BCUT2D eigenvalue weighted by Crippen LogP contribution is -2.35. The number of rotatable bonds is 6. The van der Waals surface area contributed by atoms with E-state index >= 15 is 0 Å². The highest BCUT2D eigenvalue weighted by Crippen LogP contribution is 2.38. The summed E-state index contributed by atoms with van der Waals surface area (Å²) in [6.07, 6.45) is 2.68. The molecule has 6 nitrogen and oxygen atoms in total. The van der Waals surface area contributed by atoms with Crippen molar-refractivity contribution in [2.75, 3.05) is 31.6 Å². The number of halogens is 2. The molecule has 8 heteroatoms. The average Bonchev–Trinajstić information content (AvgIpc) is 3.11. The highest BCUT2D eigenvalue weighted by molar-refractivity contribution is 5.81. The maximum atomic E-state index is 12.8. The molecule has 2 aliphatic heterocycles. The number of amides is 1. The fourth-order valence-electron chi connectivity index (χ4n) is 3.83. The monoisotopic (exact) mass is 418 g/mol. The molecule has 1 atom stereocenters. The molecule has 2 aromatic carbocycles. The smallest absolute Gasteiger partial charge is 0.387 e. The molecule has 0 aliphatic carbocycles. The van der Waals surface area contributed by atoms with Gasteiger partial charge in [0.25, 0.3) is 0 Å². The van der Waals surface area contributed by atoms with Crippen LogP contribution in [0.2, 0.25) is 0 Å². The molecule has 2 aliphatic rings. The van der Waals surface area contributed by atoms with Gasteiger partial charge >= 0.3 is 6.61 Å². The van der Waals surface area contributed by atoms with Gasteiger partial charge in [-0.1, -0.05) is 6.07 Å². The molecule has 0 bridgehead atoms. The van der Waals surface area contributed by atoms with Crippen LogP contribution in [0.15, 0.2) is 42.5 Å². The third kappa shape index (κ3) is 4.75. The zero-order valence-corrected chi connectivity index (χ0v) is 16.5. The summed E-state index contributed by atoms with van der Waals surface area (Å²) in [5.41, 5.74) is 1.70. The summed E-state index contributed by atoms with van der Waals surface area (Å²) in [5.74, 6) is 1.54. The molecular weight excluding hydrogens is 394 g/mol. The van der Waals surface area contributed by atoms with Crippen molar-refractivity contribution < 1.29 is 27.8 Å². The van der Waals surface area contributed by atoms with Crippen LogP contribution >= 0.6 is 0 Å². The Morgan fingerprint density at radius 3 is 2.63 bits per heavy atom. The first kappa shape index (κ1) is 20.3. The fraction of sp³-hybridized carbons (Fsp3) is 0.409. The Morgan fingerprint density at radius 1 is 1.10 bits per heavy atom. The number of nitrogens with zero attached hydrogens (tertiary/aromatic N) is 1. The molecule has 1 unspecified atom stereocenters. The van der Waals surface area contributed by atoms with E-state index in [4.69, 9.17) is 9.47 Å². The lowest BCUT2D eigenvalue weighted by molar-refractivity contribution is -0.130. The van der Waals surface area contributed by atoms with Crippen molar-refractivity contribution in [2.45, 2.75) is 31.9 Å². The van der Waals surface area contributed by atoms with E-state index in [1.54, 1.807) is 12.1 Å². The molecule has 1 N–H and O–H groups in total. The summed E-state index contributed by atoms with van der Waals surface area (Å²) in [6, 6.07) is 12.0. The van der Waals surface area contributed by atoms with Crippen LogP contribution in [0, 0.1) is 0 Å². The summed E-state index contributed by atoms with van der Waals surface area (Å²) >= 11 is 0. The first-order valence-corrected chi connectivity index (χ1v) is 10.1. The number of anilines is 1. The van der Waals surface area contributed by atoms with Gasteiger partial charge in [-0.2, -0.15) is 8.78 Å². The Labute approximate surface area is 173 Å². The minimum atomic E-state index is -2.86. The van der Waals surface area contributed by atoms with Gasteiger partial charge in [0.2, 0.25) is 5.91 Å². The van der Waals surface area contributed by atoms with E-state index < -0.39 is 6.61 Å². The number of fused-ring (bicyclic) bond motifs is 1. The maximum absolute atomic E-state index is 12.8. The van der Waals surface area contributed by atoms with Crippen molar-refractivity contribution in [3.63, 3.8) is 0 Å². The standard InChI is InChI=1S/C22H24F2N2O4/c23-22(24)30-17-7-5-16(6-8-17)25-14-21(27)26-10-1-3-18(26)15-4-9-19-20(13-15)29-12-2-11-28-19/h4-9,13,18,22,25H,1-3,10-12,14H2. The van der Waals surface area contributed by atoms with Gasteiger partial charge in [0.15, 0.2) is 11.5 Å². The number of ether oxygens (including phenoxy) is 3. The van der Waals surface area contributed by atoms with Gasteiger partial charge in [-0.3, -0.25) is 4.79 Å². The van der Waals surface area contributed by atoms with Gasteiger partial charge in [-0.25, -0.2) is 0 Å². The Bertz CT molecular complexity index is 876. The number of hydrogen-bond acceptors (Lipinski definition) is 5. The van der Waals surface area contributed by atoms with Crippen LogP contribution in [-0.4, -0.2) is 43.7 Å².